The number of carboxylic acid groups (broad SMARTS) is 1. The number of carbonyl (C=O) groups excluding carboxylic acids is 1. The zero-order valence-corrected chi connectivity index (χ0v) is 9.94. The van der Waals surface area contributed by atoms with E-state index in [4.69, 9.17) is 10.8 Å². The van der Waals surface area contributed by atoms with Crippen molar-refractivity contribution in [3.63, 3.8) is 0 Å². The van der Waals surface area contributed by atoms with Gasteiger partial charge in [0.2, 0.25) is 10.9 Å². The zero-order valence-electron chi connectivity index (χ0n) is 9.13. The van der Waals surface area contributed by atoms with Crippen LogP contribution in [0.25, 0.3) is 0 Å². The van der Waals surface area contributed by atoms with Crippen LogP contribution in [0.15, 0.2) is 5.38 Å². The maximum atomic E-state index is 11.0. The van der Waals surface area contributed by atoms with Crippen LogP contribution in [0.5, 0.6) is 0 Å². The topological polar surface area (TPSA) is 96.5 Å². The minimum absolute atomic E-state index is 0.0902. The molecular formula is C10H13N3O3S. The Morgan fingerprint density at radius 1 is 1.65 bits per heavy atom. The summed E-state index contributed by atoms with van der Waals surface area (Å²) in [4.78, 5) is 27.7. The lowest BCUT2D eigenvalue weighted by Gasteiger charge is -2.13. The lowest BCUT2D eigenvalue weighted by Crippen LogP contribution is -2.27. The first-order valence-electron chi connectivity index (χ1n) is 5.25. The number of hydrogen-bond acceptors (Lipinski definition) is 5. The maximum Gasteiger partial charge on any atom is 0.365 e. The van der Waals surface area contributed by atoms with Gasteiger partial charge in [-0.1, -0.05) is 0 Å². The number of thiazole rings is 1. The number of nitrogens with zero attached hydrogens (tertiary/aromatic N) is 2. The number of nitrogens with two attached hydrogens (primary N) is 1. The van der Waals surface area contributed by atoms with Gasteiger partial charge in [-0.25, -0.2) is 9.78 Å². The molecule has 2 rings (SSSR count). The first-order chi connectivity index (χ1) is 8.06. The van der Waals surface area contributed by atoms with Gasteiger partial charge in [0, 0.05) is 18.5 Å². The Morgan fingerprint density at radius 3 is 2.94 bits per heavy atom. The third-order valence-electron chi connectivity index (χ3n) is 2.80. The summed E-state index contributed by atoms with van der Waals surface area (Å²) in [6.45, 7) is 2.01. The Bertz CT molecular complexity index is 446. The fraction of sp³-hybridized carbons (Fsp3) is 0.500. The molecule has 1 atom stereocenters. The van der Waals surface area contributed by atoms with Gasteiger partial charge in [0.1, 0.15) is 0 Å². The molecule has 6 nitrogen and oxygen atoms in total. The standard InChI is InChI=1S/C10H13N3O3S/c11-8(14)6-1-2-13(3-6)4-7-5-17-9(12-7)10(15)16/h5-6H,1-4H2,(H2,11,14)(H,15,16). The smallest absolute Gasteiger partial charge is 0.365 e. The van der Waals surface area contributed by atoms with E-state index in [9.17, 15) is 9.59 Å². The first-order valence-corrected chi connectivity index (χ1v) is 6.13. The van der Waals surface area contributed by atoms with Crippen LogP contribution in [-0.4, -0.2) is 40.0 Å². The molecule has 1 aromatic rings. The van der Waals surface area contributed by atoms with Gasteiger partial charge < -0.3 is 10.8 Å². The zero-order chi connectivity index (χ0) is 12.4. The quantitative estimate of drug-likeness (QED) is 0.798. The summed E-state index contributed by atoms with van der Waals surface area (Å²) in [5.74, 6) is -1.36. The molecule has 7 heteroatoms. The van der Waals surface area contributed by atoms with E-state index >= 15 is 0 Å². The second-order valence-corrected chi connectivity index (χ2v) is 4.93. The van der Waals surface area contributed by atoms with E-state index in [0.29, 0.717) is 13.1 Å². The van der Waals surface area contributed by atoms with Crippen LogP contribution in [0.1, 0.15) is 21.9 Å². The summed E-state index contributed by atoms with van der Waals surface area (Å²) < 4.78 is 0. The summed E-state index contributed by atoms with van der Waals surface area (Å²) in [6.07, 6.45) is 0.769. The summed E-state index contributed by atoms with van der Waals surface area (Å²) in [7, 11) is 0. The van der Waals surface area contributed by atoms with Gasteiger partial charge in [0.25, 0.3) is 0 Å². The number of hydrogen-bond donors (Lipinski definition) is 2. The van der Waals surface area contributed by atoms with Crippen molar-refractivity contribution in [1.82, 2.24) is 9.88 Å². The molecule has 1 saturated heterocycles. The molecule has 2 heterocycles. The van der Waals surface area contributed by atoms with Gasteiger partial charge in [-0.15, -0.1) is 11.3 Å². The number of rotatable bonds is 4. The molecule has 0 radical (unpaired) electrons. The average molecular weight is 255 g/mol. The van der Waals surface area contributed by atoms with Gasteiger partial charge >= 0.3 is 5.97 Å². The van der Waals surface area contributed by atoms with E-state index in [1.54, 1.807) is 5.38 Å². The summed E-state index contributed by atoms with van der Waals surface area (Å²) in [5.41, 5.74) is 5.97. The molecule has 17 heavy (non-hydrogen) atoms. The fourth-order valence-electron chi connectivity index (χ4n) is 1.92. The molecule has 0 bridgehead atoms. The van der Waals surface area contributed by atoms with E-state index < -0.39 is 5.97 Å². The molecule has 1 unspecified atom stereocenters. The number of aromatic nitrogens is 1. The molecule has 1 aromatic heterocycles. The maximum absolute atomic E-state index is 11.0. The van der Waals surface area contributed by atoms with Crippen molar-refractivity contribution in [3.05, 3.63) is 16.1 Å². The van der Waals surface area contributed by atoms with Crippen LogP contribution < -0.4 is 5.73 Å². The molecule has 3 N–H and O–H groups in total. The van der Waals surface area contributed by atoms with Crippen LogP contribution >= 0.6 is 11.3 Å². The predicted molar refractivity (Wildman–Crippen MR) is 61.7 cm³/mol. The van der Waals surface area contributed by atoms with Crippen LogP contribution in [0, 0.1) is 5.92 Å². The number of carbonyl (C=O) groups is 2. The normalized spacial score (nSPS) is 20.6. The molecule has 0 aromatic carbocycles. The first kappa shape index (κ1) is 12.0. The third kappa shape index (κ3) is 2.80. The highest BCUT2D eigenvalue weighted by molar-refractivity contribution is 7.11. The molecule has 92 valence electrons. The summed E-state index contributed by atoms with van der Waals surface area (Å²) >= 11 is 1.12. The molecular weight excluding hydrogens is 242 g/mol. The summed E-state index contributed by atoms with van der Waals surface area (Å²) in [6, 6.07) is 0. The Balaban J connectivity index is 1.93. The lowest BCUT2D eigenvalue weighted by molar-refractivity contribution is -0.121. The van der Waals surface area contributed by atoms with Crippen molar-refractivity contribution in [3.8, 4) is 0 Å². The highest BCUT2D eigenvalue weighted by Crippen LogP contribution is 2.19. The van der Waals surface area contributed by atoms with Crippen LogP contribution in [0.3, 0.4) is 0 Å². The Morgan fingerprint density at radius 2 is 2.41 bits per heavy atom. The molecule has 1 fully saturated rings. The Hall–Kier alpha value is -1.47. The Kier molecular flexibility index (Phi) is 3.39. The largest absolute Gasteiger partial charge is 0.476 e. The van der Waals surface area contributed by atoms with Gasteiger partial charge in [-0.3, -0.25) is 9.69 Å². The van der Waals surface area contributed by atoms with Crippen molar-refractivity contribution in [2.75, 3.05) is 13.1 Å². The SMILES string of the molecule is NC(=O)C1CCN(Cc2csc(C(=O)O)n2)C1. The van der Waals surface area contributed by atoms with Crippen molar-refractivity contribution < 1.29 is 14.7 Å². The molecule has 0 aliphatic carbocycles. The fourth-order valence-corrected chi connectivity index (χ4v) is 2.56. The third-order valence-corrected chi connectivity index (χ3v) is 3.67. The van der Waals surface area contributed by atoms with Crippen molar-refractivity contribution >= 4 is 23.2 Å². The Labute approximate surface area is 102 Å². The highest BCUT2D eigenvalue weighted by Gasteiger charge is 2.26. The molecule has 1 aliphatic rings. The monoisotopic (exact) mass is 255 g/mol. The van der Waals surface area contributed by atoms with Gasteiger partial charge in [-0.05, 0) is 13.0 Å². The van der Waals surface area contributed by atoms with E-state index in [1.165, 1.54) is 0 Å². The average Bonchev–Trinajstić information content (AvgIpc) is 2.87. The van der Waals surface area contributed by atoms with E-state index in [-0.39, 0.29) is 16.8 Å². The van der Waals surface area contributed by atoms with Crippen molar-refractivity contribution in [1.29, 1.82) is 0 Å². The molecule has 0 saturated carbocycles. The minimum atomic E-state index is -1.00. The lowest BCUT2D eigenvalue weighted by atomic mass is 10.1. The van der Waals surface area contributed by atoms with Crippen molar-refractivity contribution in [2.45, 2.75) is 13.0 Å². The minimum Gasteiger partial charge on any atom is -0.476 e. The molecule has 0 spiro atoms. The van der Waals surface area contributed by atoms with Gasteiger partial charge in [0.15, 0.2) is 0 Å². The van der Waals surface area contributed by atoms with Crippen molar-refractivity contribution in [2.24, 2.45) is 11.7 Å². The number of likely N-dealkylation sites (tertiary alicyclic amines) is 1. The van der Waals surface area contributed by atoms with E-state index in [0.717, 1.165) is 30.0 Å². The molecule has 1 amide bonds. The van der Waals surface area contributed by atoms with Crippen LogP contribution in [0.2, 0.25) is 0 Å². The number of amides is 1. The van der Waals surface area contributed by atoms with Gasteiger partial charge in [0.05, 0.1) is 11.6 Å². The van der Waals surface area contributed by atoms with E-state index in [1.807, 2.05) is 0 Å². The second-order valence-electron chi connectivity index (χ2n) is 4.07. The predicted octanol–water partition coefficient (Wildman–Crippen LogP) is 0.148. The number of aromatic carboxylic acids is 1. The second kappa shape index (κ2) is 4.80. The van der Waals surface area contributed by atoms with Gasteiger partial charge in [-0.2, -0.15) is 0 Å². The number of carboxylic acids is 1. The molecule has 1 aliphatic heterocycles. The summed E-state index contributed by atoms with van der Waals surface area (Å²) in [5, 5.41) is 10.6. The van der Waals surface area contributed by atoms with E-state index in [2.05, 4.69) is 9.88 Å². The van der Waals surface area contributed by atoms with Crippen LogP contribution in [0.4, 0.5) is 0 Å². The number of primary amides is 1. The van der Waals surface area contributed by atoms with Crippen LogP contribution in [-0.2, 0) is 11.3 Å². The highest BCUT2D eigenvalue weighted by atomic mass is 32.1.